The van der Waals surface area contributed by atoms with E-state index >= 15 is 0 Å². The topological polar surface area (TPSA) is 72.4 Å². The van der Waals surface area contributed by atoms with Gasteiger partial charge in [-0.15, -0.1) is 5.10 Å². The van der Waals surface area contributed by atoms with Gasteiger partial charge in [0.1, 0.15) is 0 Å². The SMILES string of the molecule is COc1ccc(Nc2nncc(N3CCCCC3)n2)cc1OC. The van der Waals surface area contributed by atoms with Crippen LogP contribution < -0.4 is 19.7 Å². The minimum absolute atomic E-state index is 0.472. The molecule has 1 N–H and O–H groups in total. The van der Waals surface area contributed by atoms with Crippen molar-refractivity contribution in [3.8, 4) is 11.5 Å². The zero-order valence-electron chi connectivity index (χ0n) is 13.5. The van der Waals surface area contributed by atoms with Gasteiger partial charge in [-0.25, -0.2) is 0 Å². The molecule has 122 valence electrons. The summed E-state index contributed by atoms with van der Waals surface area (Å²) < 4.78 is 10.5. The number of nitrogens with zero attached hydrogens (tertiary/aromatic N) is 4. The van der Waals surface area contributed by atoms with Crippen LogP contribution in [0.15, 0.2) is 24.4 Å². The normalized spacial score (nSPS) is 14.4. The van der Waals surface area contributed by atoms with Crippen molar-refractivity contribution < 1.29 is 9.47 Å². The number of rotatable bonds is 5. The fourth-order valence-electron chi connectivity index (χ4n) is 2.67. The lowest BCUT2D eigenvalue weighted by molar-refractivity contribution is 0.355. The Morgan fingerprint density at radius 3 is 2.57 bits per heavy atom. The van der Waals surface area contributed by atoms with E-state index in [4.69, 9.17) is 9.47 Å². The van der Waals surface area contributed by atoms with E-state index in [0.717, 1.165) is 24.6 Å². The molecule has 2 heterocycles. The van der Waals surface area contributed by atoms with Gasteiger partial charge in [0.2, 0.25) is 5.95 Å². The molecular weight excluding hydrogens is 294 g/mol. The first kappa shape index (κ1) is 15.3. The maximum atomic E-state index is 5.30. The third-order valence-corrected chi connectivity index (χ3v) is 3.87. The fourth-order valence-corrected chi connectivity index (χ4v) is 2.67. The number of aromatic nitrogens is 3. The summed E-state index contributed by atoms with van der Waals surface area (Å²) in [5.41, 5.74) is 0.820. The van der Waals surface area contributed by atoms with Crippen molar-refractivity contribution in [2.75, 3.05) is 37.5 Å². The molecule has 1 aliphatic heterocycles. The second-order valence-corrected chi connectivity index (χ2v) is 5.38. The molecule has 0 atom stereocenters. The van der Waals surface area contributed by atoms with Crippen LogP contribution in [0.4, 0.5) is 17.5 Å². The number of hydrogen-bond donors (Lipinski definition) is 1. The van der Waals surface area contributed by atoms with Crippen LogP contribution in [0.25, 0.3) is 0 Å². The zero-order valence-corrected chi connectivity index (χ0v) is 13.5. The Morgan fingerprint density at radius 1 is 1.04 bits per heavy atom. The standard InChI is InChI=1S/C16H21N5O2/c1-22-13-7-6-12(10-14(13)23-2)18-16-19-15(11-17-20-16)21-8-4-3-5-9-21/h6-7,10-11H,3-5,8-9H2,1-2H3,(H,18,19,20). The molecule has 0 aliphatic carbocycles. The third-order valence-electron chi connectivity index (χ3n) is 3.87. The van der Waals surface area contributed by atoms with E-state index in [0.29, 0.717) is 17.4 Å². The molecule has 1 aromatic carbocycles. The first-order valence-corrected chi connectivity index (χ1v) is 7.74. The molecule has 0 saturated carbocycles. The van der Waals surface area contributed by atoms with Gasteiger partial charge >= 0.3 is 0 Å². The molecular formula is C16H21N5O2. The molecule has 0 bridgehead atoms. The van der Waals surface area contributed by atoms with Crippen LogP contribution in [-0.4, -0.2) is 42.5 Å². The molecule has 3 rings (SSSR count). The predicted octanol–water partition coefficient (Wildman–Crippen LogP) is 2.62. The Bertz CT molecular complexity index is 659. The second kappa shape index (κ2) is 7.13. The summed E-state index contributed by atoms with van der Waals surface area (Å²) in [5.74, 6) is 2.67. The number of benzene rings is 1. The van der Waals surface area contributed by atoms with Crippen LogP contribution >= 0.6 is 0 Å². The second-order valence-electron chi connectivity index (χ2n) is 5.38. The van der Waals surface area contributed by atoms with Gasteiger partial charge in [-0.2, -0.15) is 10.1 Å². The molecule has 0 spiro atoms. The Kier molecular flexibility index (Phi) is 4.75. The van der Waals surface area contributed by atoms with Gasteiger partial charge in [0.25, 0.3) is 0 Å². The summed E-state index contributed by atoms with van der Waals surface area (Å²) in [6.07, 6.45) is 5.39. The molecule has 7 nitrogen and oxygen atoms in total. The van der Waals surface area contributed by atoms with Crippen LogP contribution in [0.1, 0.15) is 19.3 Å². The van der Waals surface area contributed by atoms with E-state index in [2.05, 4.69) is 25.4 Å². The minimum atomic E-state index is 0.472. The highest BCUT2D eigenvalue weighted by molar-refractivity contribution is 5.60. The number of hydrogen-bond acceptors (Lipinski definition) is 7. The van der Waals surface area contributed by atoms with E-state index in [-0.39, 0.29) is 0 Å². The van der Waals surface area contributed by atoms with Crippen molar-refractivity contribution in [1.29, 1.82) is 0 Å². The highest BCUT2D eigenvalue weighted by atomic mass is 16.5. The van der Waals surface area contributed by atoms with E-state index in [9.17, 15) is 0 Å². The Balaban J connectivity index is 1.77. The van der Waals surface area contributed by atoms with Crippen molar-refractivity contribution in [3.63, 3.8) is 0 Å². The first-order chi connectivity index (χ1) is 11.3. The van der Waals surface area contributed by atoms with Crippen molar-refractivity contribution in [2.45, 2.75) is 19.3 Å². The van der Waals surface area contributed by atoms with Gasteiger partial charge < -0.3 is 19.7 Å². The Labute approximate surface area is 135 Å². The van der Waals surface area contributed by atoms with Crippen molar-refractivity contribution >= 4 is 17.5 Å². The third kappa shape index (κ3) is 3.61. The monoisotopic (exact) mass is 315 g/mol. The molecule has 2 aromatic rings. The maximum Gasteiger partial charge on any atom is 0.249 e. The van der Waals surface area contributed by atoms with Crippen molar-refractivity contribution in [1.82, 2.24) is 15.2 Å². The largest absolute Gasteiger partial charge is 0.493 e. The quantitative estimate of drug-likeness (QED) is 0.909. The first-order valence-electron chi connectivity index (χ1n) is 7.74. The smallest absolute Gasteiger partial charge is 0.249 e. The lowest BCUT2D eigenvalue weighted by Crippen LogP contribution is -2.30. The van der Waals surface area contributed by atoms with E-state index in [1.54, 1.807) is 20.4 Å². The van der Waals surface area contributed by atoms with Gasteiger partial charge in [-0.1, -0.05) is 0 Å². The average Bonchev–Trinajstić information content (AvgIpc) is 2.62. The number of piperidine rings is 1. The zero-order chi connectivity index (χ0) is 16.1. The summed E-state index contributed by atoms with van der Waals surface area (Å²) in [4.78, 5) is 6.81. The number of methoxy groups -OCH3 is 2. The summed E-state index contributed by atoms with van der Waals surface area (Å²) in [5, 5.41) is 11.3. The summed E-state index contributed by atoms with van der Waals surface area (Å²) >= 11 is 0. The molecule has 7 heteroatoms. The Morgan fingerprint density at radius 2 is 1.83 bits per heavy atom. The predicted molar refractivity (Wildman–Crippen MR) is 88.7 cm³/mol. The highest BCUT2D eigenvalue weighted by Crippen LogP contribution is 2.30. The van der Waals surface area contributed by atoms with Gasteiger partial charge in [-0.3, -0.25) is 0 Å². The summed E-state index contributed by atoms with van der Waals surface area (Å²) in [6.45, 7) is 2.04. The molecule has 1 saturated heterocycles. The van der Waals surface area contributed by atoms with E-state index in [1.165, 1.54) is 19.3 Å². The van der Waals surface area contributed by atoms with Crippen LogP contribution in [0.2, 0.25) is 0 Å². The van der Waals surface area contributed by atoms with Crippen molar-refractivity contribution in [3.05, 3.63) is 24.4 Å². The van der Waals surface area contributed by atoms with Crippen LogP contribution in [0.5, 0.6) is 11.5 Å². The summed E-state index contributed by atoms with van der Waals surface area (Å²) in [7, 11) is 3.22. The Hall–Kier alpha value is -2.57. The molecule has 1 aromatic heterocycles. The lowest BCUT2D eigenvalue weighted by Gasteiger charge is -2.27. The molecule has 1 aliphatic rings. The molecule has 0 amide bonds. The fraction of sp³-hybridized carbons (Fsp3) is 0.438. The minimum Gasteiger partial charge on any atom is -0.493 e. The van der Waals surface area contributed by atoms with Crippen LogP contribution in [0, 0.1) is 0 Å². The highest BCUT2D eigenvalue weighted by Gasteiger charge is 2.13. The average molecular weight is 315 g/mol. The van der Waals surface area contributed by atoms with Crippen LogP contribution in [0.3, 0.4) is 0 Å². The van der Waals surface area contributed by atoms with Crippen molar-refractivity contribution in [2.24, 2.45) is 0 Å². The van der Waals surface area contributed by atoms with Gasteiger partial charge in [0.15, 0.2) is 17.3 Å². The summed E-state index contributed by atoms with van der Waals surface area (Å²) in [6, 6.07) is 5.57. The molecule has 0 unspecified atom stereocenters. The lowest BCUT2D eigenvalue weighted by atomic mass is 10.1. The molecule has 1 fully saturated rings. The number of anilines is 3. The van der Waals surface area contributed by atoms with E-state index in [1.807, 2.05) is 18.2 Å². The maximum absolute atomic E-state index is 5.30. The van der Waals surface area contributed by atoms with E-state index < -0.39 is 0 Å². The van der Waals surface area contributed by atoms with Crippen LogP contribution in [-0.2, 0) is 0 Å². The molecule has 23 heavy (non-hydrogen) atoms. The number of ether oxygens (including phenoxy) is 2. The number of nitrogens with one attached hydrogen (secondary N) is 1. The van der Waals surface area contributed by atoms with Gasteiger partial charge in [0, 0.05) is 24.8 Å². The molecule has 0 radical (unpaired) electrons. The van der Waals surface area contributed by atoms with Gasteiger partial charge in [0.05, 0.1) is 20.4 Å². The van der Waals surface area contributed by atoms with Gasteiger partial charge in [-0.05, 0) is 31.4 Å².